The number of aromatic amines is 1. The molecule has 0 radical (unpaired) electrons. The third-order valence-corrected chi connectivity index (χ3v) is 3.23. The molecule has 6 heteroatoms. The van der Waals surface area contributed by atoms with E-state index in [1.165, 1.54) is 18.5 Å². The van der Waals surface area contributed by atoms with Crippen LogP contribution in [0, 0.1) is 5.82 Å². The predicted octanol–water partition coefficient (Wildman–Crippen LogP) is 1.52. The number of H-pyrrole nitrogens is 1. The quantitative estimate of drug-likeness (QED) is 0.911. The van der Waals surface area contributed by atoms with E-state index in [9.17, 15) is 4.39 Å². The molecule has 0 saturated carbocycles. The molecule has 1 saturated heterocycles. The van der Waals surface area contributed by atoms with E-state index < -0.39 is 0 Å². The first-order valence-electron chi connectivity index (χ1n) is 6.25. The topological polar surface area (TPSA) is 54.0 Å². The number of rotatable bonds is 3. The first kappa shape index (κ1) is 12.3. The zero-order valence-corrected chi connectivity index (χ0v) is 10.4. The molecule has 5 nitrogen and oxygen atoms in total. The van der Waals surface area contributed by atoms with Gasteiger partial charge in [-0.1, -0.05) is 12.1 Å². The van der Waals surface area contributed by atoms with Crippen LogP contribution in [0.15, 0.2) is 30.6 Å². The van der Waals surface area contributed by atoms with E-state index in [1.54, 1.807) is 12.1 Å². The summed E-state index contributed by atoms with van der Waals surface area (Å²) in [4.78, 5) is 6.37. The van der Waals surface area contributed by atoms with Crippen molar-refractivity contribution >= 4 is 0 Å². The summed E-state index contributed by atoms with van der Waals surface area (Å²) >= 11 is 0. The molecule has 1 aliphatic heterocycles. The highest BCUT2D eigenvalue weighted by molar-refractivity contribution is 5.19. The second-order valence-corrected chi connectivity index (χ2v) is 4.58. The van der Waals surface area contributed by atoms with Crippen molar-refractivity contribution < 1.29 is 9.13 Å². The van der Waals surface area contributed by atoms with E-state index in [1.807, 2.05) is 0 Å². The minimum atomic E-state index is -0.224. The average Bonchev–Trinajstić information content (AvgIpc) is 2.93. The maximum absolute atomic E-state index is 12.9. The molecule has 0 aliphatic carbocycles. The van der Waals surface area contributed by atoms with Crippen molar-refractivity contribution in [2.75, 3.05) is 19.7 Å². The molecule has 0 spiro atoms. The summed E-state index contributed by atoms with van der Waals surface area (Å²) < 4.78 is 18.7. The summed E-state index contributed by atoms with van der Waals surface area (Å²) in [5, 5.41) is 6.69. The Bertz CT molecular complexity index is 514. The molecule has 1 unspecified atom stereocenters. The van der Waals surface area contributed by atoms with E-state index in [2.05, 4.69) is 20.1 Å². The number of morpholine rings is 1. The highest BCUT2D eigenvalue weighted by Crippen LogP contribution is 2.22. The highest BCUT2D eigenvalue weighted by Gasteiger charge is 2.22. The Balaban J connectivity index is 1.66. The molecule has 1 aromatic heterocycles. The summed E-state index contributed by atoms with van der Waals surface area (Å²) in [5.74, 6) is 0.623. The first-order chi connectivity index (χ1) is 9.31. The van der Waals surface area contributed by atoms with Crippen molar-refractivity contribution in [1.29, 1.82) is 0 Å². The molecule has 2 aromatic rings. The lowest BCUT2D eigenvalue weighted by Gasteiger charge is -2.32. The summed E-state index contributed by atoms with van der Waals surface area (Å²) in [6.45, 7) is 3.02. The maximum Gasteiger partial charge on any atom is 0.138 e. The van der Waals surface area contributed by atoms with Gasteiger partial charge in [-0.05, 0) is 17.7 Å². The molecule has 1 fully saturated rings. The lowest BCUT2D eigenvalue weighted by atomic mass is 10.1. The van der Waals surface area contributed by atoms with E-state index in [4.69, 9.17) is 4.74 Å². The number of ether oxygens (including phenoxy) is 1. The van der Waals surface area contributed by atoms with Gasteiger partial charge in [0.25, 0.3) is 0 Å². The number of hydrogen-bond acceptors (Lipinski definition) is 4. The minimum Gasteiger partial charge on any atom is -0.371 e. The Labute approximate surface area is 110 Å². The Hall–Kier alpha value is -1.79. The Morgan fingerprint density at radius 3 is 2.95 bits per heavy atom. The molecular formula is C13H15FN4O. The summed E-state index contributed by atoms with van der Waals surface area (Å²) in [6.07, 6.45) is 1.49. The fraction of sp³-hybridized carbons (Fsp3) is 0.385. The zero-order valence-electron chi connectivity index (χ0n) is 10.4. The smallest absolute Gasteiger partial charge is 0.138 e. The fourth-order valence-corrected chi connectivity index (χ4v) is 2.24. The van der Waals surface area contributed by atoms with Crippen LogP contribution in [0.5, 0.6) is 0 Å². The third kappa shape index (κ3) is 2.97. The molecule has 1 N–H and O–H groups in total. The first-order valence-corrected chi connectivity index (χ1v) is 6.25. The molecule has 100 valence electrons. The molecule has 19 heavy (non-hydrogen) atoms. The van der Waals surface area contributed by atoms with Crippen LogP contribution in [0.4, 0.5) is 4.39 Å². The van der Waals surface area contributed by atoms with Crippen molar-refractivity contribution in [3.05, 3.63) is 47.8 Å². The van der Waals surface area contributed by atoms with Gasteiger partial charge in [-0.2, -0.15) is 5.10 Å². The van der Waals surface area contributed by atoms with Crippen LogP contribution in [0.25, 0.3) is 0 Å². The van der Waals surface area contributed by atoms with Gasteiger partial charge in [0.05, 0.1) is 19.3 Å². The predicted molar refractivity (Wildman–Crippen MR) is 66.8 cm³/mol. The van der Waals surface area contributed by atoms with Gasteiger partial charge in [0.2, 0.25) is 0 Å². The van der Waals surface area contributed by atoms with E-state index in [0.29, 0.717) is 6.61 Å². The third-order valence-electron chi connectivity index (χ3n) is 3.23. The van der Waals surface area contributed by atoms with Crippen molar-refractivity contribution in [3.8, 4) is 0 Å². The van der Waals surface area contributed by atoms with Crippen LogP contribution < -0.4 is 0 Å². The minimum absolute atomic E-state index is 0.0164. The monoisotopic (exact) mass is 262 g/mol. The second-order valence-electron chi connectivity index (χ2n) is 4.58. The number of nitrogens with one attached hydrogen (secondary N) is 1. The molecule has 0 bridgehead atoms. The van der Waals surface area contributed by atoms with Gasteiger partial charge in [0.1, 0.15) is 18.0 Å². The second kappa shape index (κ2) is 5.46. The van der Waals surface area contributed by atoms with Gasteiger partial charge in [0, 0.05) is 13.1 Å². The number of nitrogens with zero attached hydrogens (tertiary/aromatic N) is 3. The number of benzene rings is 1. The zero-order chi connectivity index (χ0) is 13.1. The van der Waals surface area contributed by atoms with Crippen LogP contribution >= 0.6 is 0 Å². The SMILES string of the molecule is Fc1ccc(C2CN(Cc3ncn[nH]3)CCO2)cc1. The fourth-order valence-electron chi connectivity index (χ4n) is 2.24. The number of halogens is 1. The molecule has 1 aromatic carbocycles. The van der Waals surface area contributed by atoms with Gasteiger partial charge in [0.15, 0.2) is 0 Å². The van der Waals surface area contributed by atoms with Crippen LogP contribution in [-0.4, -0.2) is 39.8 Å². The summed E-state index contributed by atoms with van der Waals surface area (Å²) in [7, 11) is 0. The normalized spacial score (nSPS) is 20.6. The van der Waals surface area contributed by atoms with Crippen LogP contribution in [0.3, 0.4) is 0 Å². The van der Waals surface area contributed by atoms with Crippen LogP contribution in [0.2, 0.25) is 0 Å². The van der Waals surface area contributed by atoms with Gasteiger partial charge in [-0.15, -0.1) is 0 Å². The number of hydrogen-bond donors (Lipinski definition) is 1. The van der Waals surface area contributed by atoms with Crippen molar-refractivity contribution in [3.63, 3.8) is 0 Å². The average molecular weight is 262 g/mol. The van der Waals surface area contributed by atoms with Gasteiger partial charge in [-0.3, -0.25) is 10.00 Å². The molecular weight excluding hydrogens is 247 g/mol. The number of aromatic nitrogens is 3. The summed E-state index contributed by atoms with van der Waals surface area (Å²) in [5.41, 5.74) is 1.00. The molecule has 2 heterocycles. The standard InChI is InChI=1S/C13H15FN4O/c14-11-3-1-10(2-4-11)12-7-18(5-6-19-12)8-13-15-9-16-17-13/h1-4,9,12H,5-8H2,(H,15,16,17). The summed E-state index contributed by atoms with van der Waals surface area (Å²) in [6, 6.07) is 6.48. The highest BCUT2D eigenvalue weighted by atomic mass is 19.1. The van der Waals surface area contributed by atoms with E-state index in [0.717, 1.165) is 31.0 Å². The largest absolute Gasteiger partial charge is 0.371 e. The Morgan fingerprint density at radius 1 is 1.37 bits per heavy atom. The molecule has 1 atom stereocenters. The lowest BCUT2D eigenvalue weighted by Crippen LogP contribution is -2.38. The van der Waals surface area contributed by atoms with Crippen molar-refractivity contribution in [1.82, 2.24) is 20.1 Å². The van der Waals surface area contributed by atoms with Gasteiger partial charge in [-0.25, -0.2) is 9.37 Å². The Kier molecular flexibility index (Phi) is 3.52. The van der Waals surface area contributed by atoms with Crippen LogP contribution in [-0.2, 0) is 11.3 Å². The maximum atomic E-state index is 12.9. The van der Waals surface area contributed by atoms with E-state index in [-0.39, 0.29) is 11.9 Å². The Morgan fingerprint density at radius 2 is 2.21 bits per heavy atom. The lowest BCUT2D eigenvalue weighted by molar-refractivity contribution is -0.0336. The molecule has 1 aliphatic rings. The van der Waals surface area contributed by atoms with Crippen LogP contribution in [0.1, 0.15) is 17.5 Å². The van der Waals surface area contributed by atoms with Crippen molar-refractivity contribution in [2.45, 2.75) is 12.6 Å². The molecule has 3 rings (SSSR count). The van der Waals surface area contributed by atoms with Crippen molar-refractivity contribution in [2.24, 2.45) is 0 Å². The van der Waals surface area contributed by atoms with E-state index >= 15 is 0 Å². The molecule has 0 amide bonds. The van der Waals surface area contributed by atoms with Gasteiger partial charge < -0.3 is 4.74 Å². The van der Waals surface area contributed by atoms with Gasteiger partial charge >= 0.3 is 0 Å².